The van der Waals surface area contributed by atoms with Gasteiger partial charge >= 0.3 is 5.97 Å². The van der Waals surface area contributed by atoms with Crippen LogP contribution in [0.25, 0.3) is 0 Å². The lowest BCUT2D eigenvalue weighted by atomic mass is 10.1. The summed E-state index contributed by atoms with van der Waals surface area (Å²) in [6.07, 6.45) is 2.47. The molecule has 0 amide bonds. The molecule has 0 saturated carbocycles. The van der Waals surface area contributed by atoms with Crippen LogP contribution >= 0.6 is 0 Å². The van der Waals surface area contributed by atoms with Gasteiger partial charge in [-0.3, -0.25) is 4.79 Å². The van der Waals surface area contributed by atoms with E-state index in [0.717, 1.165) is 18.4 Å². The molecule has 2 rings (SSSR count). The fraction of sp³-hybridized carbons (Fsp3) is 0.316. The molecular weight excluding hydrogens is 292 g/mol. The van der Waals surface area contributed by atoms with Crippen molar-refractivity contribution >= 4 is 5.97 Å². The van der Waals surface area contributed by atoms with Crippen LogP contribution in [0.3, 0.4) is 0 Å². The first-order valence-corrected chi connectivity index (χ1v) is 7.74. The van der Waals surface area contributed by atoms with Gasteiger partial charge < -0.3 is 14.6 Å². The highest BCUT2D eigenvalue weighted by Gasteiger charge is 2.07. The average molecular weight is 314 g/mol. The minimum Gasteiger partial charge on any atom is -0.493 e. The van der Waals surface area contributed by atoms with Gasteiger partial charge in [0.15, 0.2) is 11.5 Å². The van der Waals surface area contributed by atoms with Crippen LogP contribution in [0.1, 0.15) is 24.0 Å². The molecule has 2 aromatic rings. The Hall–Kier alpha value is -2.49. The summed E-state index contributed by atoms with van der Waals surface area (Å²) in [6.45, 7) is 0.591. The molecule has 0 aliphatic carbocycles. The number of ether oxygens (including phenoxy) is 2. The van der Waals surface area contributed by atoms with Crippen LogP contribution in [0.4, 0.5) is 0 Å². The second kappa shape index (κ2) is 8.83. The van der Waals surface area contributed by atoms with Crippen LogP contribution < -0.4 is 9.47 Å². The van der Waals surface area contributed by atoms with Crippen molar-refractivity contribution in [2.45, 2.75) is 25.7 Å². The summed E-state index contributed by atoms with van der Waals surface area (Å²) >= 11 is 0. The molecule has 0 atom stereocenters. The first kappa shape index (κ1) is 16.9. The van der Waals surface area contributed by atoms with E-state index >= 15 is 0 Å². The summed E-state index contributed by atoms with van der Waals surface area (Å²) in [6, 6.07) is 15.8. The van der Waals surface area contributed by atoms with Crippen LogP contribution in [0, 0.1) is 0 Å². The molecule has 0 fully saturated rings. The number of carboxylic acid groups (broad SMARTS) is 1. The second-order valence-electron chi connectivity index (χ2n) is 5.32. The SMILES string of the molecule is COc1ccc(CCC(=O)O)cc1OCCCc1ccccc1. The molecule has 0 bridgehead atoms. The van der Waals surface area contributed by atoms with E-state index in [2.05, 4.69) is 12.1 Å². The van der Waals surface area contributed by atoms with Crippen LogP contribution in [0.2, 0.25) is 0 Å². The highest BCUT2D eigenvalue weighted by molar-refractivity contribution is 5.67. The molecular formula is C19H22O4. The smallest absolute Gasteiger partial charge is 0.303 e. The van der Waals surface area contributed by atoms with Gasteiger partial charge in [0.05, 0.1) is 13.7 Å². The molecule has 0 spiro atoms. The Morgan fingerprint density at radius 1 is 1.00 bits per heavy atom. The Labute approximate surface area is 136 Å². The average Bonchev–Trinajstić information content (AvgIpc) is 2.58. The summed E-state index contributed by atoms with van der Waals surface area (Å²) < 4.78 is 11.1. The number of rotatable bonds is 9. The van der Waals surface area contributed by atoms with Crippen molar-refractivity contribution in [1.82, 2.24) is 0 Å². The van der Waals surface area contributed by atoms with E-state index in [9.17, 15) is 4.79 Å². The Morgan fingerprint density at radius 3 is 2.48 bits per heavy atom. The van der Waals surface area contributed by atoms with Gasteiger partial charge in [-0.2, -0.15) is 0 Å². The largest absolute Gasteiger partial charge is 0.493 e. The first-order valence-electron chi connectivity index (χ1n) is 7.74. The molecule has 1 N–H and O–H groups in total. The summed E-state index contributed by atoms with van der Waals surface area (Å²) in [5.74, 6) is 0.540. The van der Waals surface area contributed by atoms with Crippen molar-refractivity contribution in [2.75, 3.05) is 13.7 Å². The number of hydrogen-bond donors (Lipinski definition) is 1. The van der Waals surface area contributed by atoms with Crippen molar-refractivity contribution in [3.8, 4) is 11.5 Å². The minimum atomic E-state index is -0.800. The number of hydrogen-bond acceptors (Lipinski definition) is 3. The van der Waals surface area contributed by atoms with Crippen molar-refractivity contribution in [1.29, 1.82) is 0 Å². The van der Waals surface area contributed by atoms with Gasteiger partial charge in [-0.25, -0.2) is 0 Å². The fourth-order valence-corrected chi connectivity index (χ4v) is 2.34. The first-order chi connectivity index (χ1) is 11.2. The van der Waals surface area contributed by atoms with E-state index in [1.807, 2.05) is 36.4 Å². The van der Waals surface area contributed by atoms with Gasteiger partial charge in [-0.05, 0) is 42.5 Å². The van der Waals surface area contributed by atoms with E-state index in [-0.39, 0.29) is 6.42 Å². The monoisotopic (exact) mass is 314 g/mol. The molecule has 0 saturated heterocycles. The maximum absolute atomic E-state index is 10.7. The molecule has 0 aliphatic rings. The van der Waals surface area contributed by atoms with Gasteiger partial charge in [-0.15, -0.1) is 0 Å². The Balaban J connectivity index is 1.89. The van der Waals surface area contributed by atoms with E-state index in [1.54, 1.807) is 7.11 Å². The maximum Gasteiger partial charge on any atom is 0.303 e. The van der Waals surface area contributed by atoms with E-state index in [0.29, 0.717) is 24.5 Å². The molecule has 4 nitrogen and oxygen atoms in total. The van der Waals surface area contributed by atoms with Crippen LogP contribution in [0.5, 0.6) is 11.5 Å². The van der Waals surface area contributed by atoms with Crippen molar-refractivity contribution in [3.63, 3.8) is 0 Å². The predicted molar refractivity (Wildman–Crippen MR) is 89.2 cm³/mol. The molecule has 0 unspecified atom stereocenters. The summed E-state index contributed by atoms with van der Waals surface area (Å²) in [4.78, 5) is 10.7. The highest BCUT2D eigenvalue weighted by atomic mass is 16.5. The summed E-state index contributed by atoms with van der Waals surface area (Å²) in [7, 11) is 1.60. The number of aryl methyl sites for hydroxylation is 2. The third-order valence-corrected chi connectivity index (χ3v) is 3.57. The van der Waals surface area contributed by atoms with Gasteiger partial charge in [0.2, 0.25) is 0 Å². The van der Waals surface area contributed by atoms with Gasteiger partial charge in [-0.1, -0.05) is 36.4 Å². The van der Waals surface area contributed by atoms with Gasteiger partial charge in [0, 0.05) is 6.42 Å². The number of benzene rings is 2. The highest BCUT2D eigenvalue weighted by Crippen LogP contribution is 2.28. The third kappa shape index (κ3) is 5.66. The molecule has 122 valence electrons. The Morgan fingerprint density at radius 2 is 1.78 bits per heavy atom. The van der Waals surface area contributed by atoms with E-state index in [4.69, 9.17) is 14.6 Å². The predicted octanol–water partition coefficient (Wildman–Crippen LogP) is 3.72. The Bertz CT molecular complexity index is 623. The lowest BCUT2D eigenvalue weighted by Gasteiger charge is -2.12. The fourth-order valence-electron chi connectivity index (χ4n) is 2.34. The third-order valence-electron chi connectivity index (χ3n) is 3.57. The molecule has 0 heterocycles. The van der Waals surface area contributed by atoms with Crippen LogP contribution in [-0.4, -0.2) is 24.8 Å². The second-order valence-corrected chi connectivity index (χ2v) is 5.32. The zero-order valence-electron chi connectivity index (χ0n) is 13.3. The quantitative estimate of drug-likeness (QED) is 0.717. The normalized spacial score (nSPS) is 10.3. The molecule has 0 radical (unpaired) electrons. The summed E-state index contributed by atoms with van der Waals surface area (Å²) in [5.41, 5.74) is 2.23. The molecule has 2 aromatic carbocycles. The van der Waals surface area contributed by atoms with E-state index in [1.165, 1.54) is 5.56 Å². The van der Waals surface area contributed by atoms with Crippen LogP contribution in [-0.2, 0) is 17.6 Å². The Kier molecular flexibility index (Phi) is 6.48. The van der Waals surface area contributed by atoms with Gasteiger partial charge in [0.25, 0.3) is 0 Å². The lowest BCUT2D eigenvalue weighted by Crippen LogP contribution is -2.02. The molecule has 0 aliphatic heterocycles. The maximum atomic E-state index is 10.7. The summed E-state index contributed by atoms with van der Waals surface area (Å²) in [5, 5.41) is 8.77. The molecule has 4 heteroatoms. The lowest BCUT2D eigenvalue weighted by molar-refractivity contribution is -0.136. The van der Waals surface area contributed by atoms with Crippen molar-refractivity contribution in [2.24, 2.45) is 0 Å². The number of carboxylic acids is 1. The molecule has 0 aromatic heterocycles. The number of methoxy groups -OCH3 is 1. The molecule has 23 heavy (non-hydrogen) atoms. The van der Waals surface area contributed by atoms with Crippen molar-refractivity contribution < 1.29 is 19.4 Å². The zero-order chi connectivity index (χ0) is 16.5. The topological polar surface area (TPSA) is 55.8 Å². The standard InChI is InChI=1S/C19H22O4/c1-22-17-11-9-16(10-12-19(20)21)14-18(17)23-13-5-8-15-6-3-2-4-7-15/h2-4,6-7,9,11,14H,5,8,10,12-13H2,1H3,(H,20,21). The minimum absolute atomic E-state index is 0.111. The van der Waals surface area contributed by atoms with Crippen molar-refractivity contribution in [3.05, 3.63) is 59.7 Å². The van der Waals surface area contributed by atoms with Crippen LogP contribution in [0.15, 0.2) is 48.5 Å². The number of aliphatic carboxylic acids is 1. The zero-order valence-corrected chi connectivity index (χ0v) is 13.3. The number of carbonyl (C=O) groups is 1. The van der Waals surface area contributed by atoms with E-state index < -0.39 is 5.97 Å². The van der Waals surface area contributed by atoms with Gasteiger partial charge in [0.1, 0.15) is 0 Å².